The van der Waals surface area contributed by atoms with E-state index in [1.54, 1.807) is 23.9 Å². The number of thioether (sulfide) groups is 1. The molecule has 1 amide bonds. The minimum absolute atomic E-state index is 0.0290. The molecular weight excluding hydrogens is 380 g/mol. The van der Waals surface area contributed by atoms with Crippen molar-refractivity contribution in [3.05, 3.63) is 75.9 Å². The number of carbonyl (C=O) groups is 1. The van der Waals surface area contributed by atoms with Gasteiger partial charge in [-0.3, -0.25) is 4.79 Å². The molecule has 0 saturated carbocycles. The molecule has 1 aliphatic heterocycles. The predicted octanol–water partition coefficient (Wildman–Crippen LogP) is 4.80. The van der Waals surface area contributed by atoms with E-state index in [2.05, 4.69) is 10.4 Å². The molecule has 0 atom stereocenters. The van der Waals surface area contributed by atoms with Gasteiger partial charge in [-0.2, -0.15) is 16.9 Å². The molecule has 26 heavy (non-hydrogen) atoms. The zero-order valence-electron chi connectivity index (χ0n) is 13.3. The lowest BCUT2D eigenvalue weighted by Gasteiger charge is -2.12. The molecule has 3 aromatic rings. The summed E-state index contributed by atoms with van der Waals surface area (Å²) < 4.78 is 28.8. The quantitative estimate of drug-likeness (QED) is 0.697. The van der Waals surface area contributed by atoms with Crippen LogP contribution in [0, 0.1) is 11.6 Å². The van der Waals surface area contributed by atoms with Crippen LogP contribution in [0.4, 0.5) is 14.6 Å². The topological polar surface area (TPSA) is 46.9 Å². The number of carbonyl (C=O) groups excluding carboxylic acids is 1. The molecule has 2 aromatic carbocycles. The fourth-order valence-electron chi connectivity index (χ4n) is 2.80. The Kier molecular flexibility index (Phi) is 4.42. The second kappa shape index (κ2) is 6.74. The molecule has 2 heterocycles. The van der Waals surface area contributed by atoms with Crippen LogP contribution in [0.5, 0.6) is 0 Å². The molecule has 8 heteroatoms. The summed E-state index contributed by atoms with van der Waals surface area (Å²) in [4.78, 5) is 12.6. The number of amides is 1. The van der Waals surface area contributed by atoms with E-state index in [-0.39, 0.29) is 16.4 Å². The maximum Gasteiger partial charge on any atom is 0.261 e. The third-order valence-electron chi connectivity index (χ3n) is 4.04. The summed E-state index contributed by atoms with van der Waals surface area (Å²) in [5, 5.41) is 7.28. The predicted molar refractivity (Wildman–Crippen MR) is 97.9 cm³/mol. The molecule has 0 aliphatic carbocycles. The number of rotatable bonds is 3. The second-order valence-electron chi connectivity index (χ2n) is 5.71. The number of benzene rings is 2. The summed E-state index contributed by atoms with van der Waals surface area (Å²) in [7, 11) is 0. The van der Waals surface area contributed by atoms with Crippen molar-refractivity contribution >= 4 is 35.1 Å². The molecule has 0 fully saturated rings. The molecule has 0 saturated heterocycles. The van der Waals surface area contributed by atoms with Gasteiger partial charge in [0, 0.05) is 17.1 Å². The monoisotopic (exact) mass is 391 g/mol. The Morgan fingerprint density at radius 1 is 1.15 bits per heavy atom. The molecule has 0 unspecified atom stereocenters. The van der Waals surface area contributed by atoms with Crippen molar-refractivity contribution in [2.45, 2.75) is 11.5 Å². The van der Waals surface area contributed by atoms with Gasteiger partial charge in [0.15, 0.2) is 0 Å². The molecule has 1 N–H and O–H groups in total. The van der Waals surface area contributed by atoms with E-state index in [9.17, 15) is 13.6 Å². The molecular formula is C18H12ClF2N3OS. The molecule has 0 spiro atoms. The standard InChI is InChI=1S/C18H12ClF2N3OS/c19-13-2-1-3-14(21)16(13)18(25)22-17-12-8-26-9-15(12)23-24(17)11-6-4-10(20)5-7-11/h1-7H,8-9H2,(H,22,25). The third-order valence-corrected chi connectivity index (χ3v) is 5.33. The first-order chi connectivity index (χ1) is 12.5. The normalized spacial score (nSPS) is 12.9. The number of nitrogens with one attached hydrogen (secondary N) is 1. The lowest BCUT2D eigenvalue weighted by molar-refractivity contribution is 0.102. The van der Waals surface area contributed by atoms with E-state index >= 15 is 0 Å². The van der Waals surface area contributed by atoms with Crippen LogP contribution in [-0.2, 0) is 11.5 Å². The Bertz CT molecular complexity index is 984. The lowest BCUT2D eigenvalue weighted by Crippen LogP contribution is -2.18. The van der Waals surface area contributed by atoms with Crippen LogP contribution in [0.1, 0.15) is 21.6 Å². The first-order valence-electron chi connectivity index (χ1n) is 7.74. The number of aromatic nitrogens is 2. The van der Waals surface area contributed by atoms with Crippen molar-refractivity contribution in [2.24, 2.45) is 0 Å². The number of halogens is 3. The van der Waals surface area contributed by atoms with Crippen molar-refractivity contribution in [2.75, 3.05) is 5.32 Å². The fraction of sp³-hybridized carbons (Fsp3) is 0.111. The van der Waals surface area contributed by atoms with Gasteiger partial charge in [-0.25, -0.2) is 13.5 Å². The molecule has 1 aromatic heterocycles. The van der Waals surface area contributed by atoms with Crippen molar-refractivity contribution in [3.8, 4) is 5.69 Å². The van der Waals surface area contributed by atoms with Gasteiger partial charge in [0.05, 0.1) is 22.0 Å². The highest BCUT2D eigenvalue weighted by Gasteiger charge is 2.26. The summed E-state index contributed by atoms with van der Waals surface area (Å²) in [6.45, 7) is 0. The lowest BCUT2D eigenvalue weighted by atomic mass is 10.2. The summed E-state index contributed by atoms with van der Waals surface area (Å²) >= 11 is 7.66. The van der Waals surface area contributed by atoms with Crippen molar-refractivity contribution in [3.63, 3.8) is 0 Å². The Morgan fingerprint density at radius 3 is 2.65 bits per heavy atom. The van der Waals surface area contributed by atoms with Crippen LogP contribution < -0.4 is 5.32 Å². The van der Waals surface area contributed by atoms with E-state index < -0.39 is 11.7 Å². The van der Waals surface area contributed by atoms with Gasteiger partial charge in [0.1, 0.15) is 17.5 Å². The van der Waals surface area contributed by atoms with Crippen LogP contribution >= 0.6 is 23.4 Å². The van der Waals surface area contributed by atoms with E-state index in [1.807, 2.05) is 0 Å². The molecule has 0 bridgehead atoms. The van der Waals surface area contributed by atoms with Gasteiger partial charge in [-0.05, 0) is 36.4 Å². The van der Waals surface area contributed by atoms with Crippen molar-refractivity contribution in [1.29, 1.82) is 0 Å². The molecule has 4 rings (SSSR count). The van der Waals surface area contributed by atoms with Crippen LogP contribution in [0.2, 0.25) is 5.02 Å². The average molecular weight is 392 g/mol. The average Bonchev–Trinajstić information content (AvgIpc) is 3.18. The number of fused-ring (bicyclic) bond motifs is 1. The van der Waals surface area contributed by atoms with Crippen LogP contribution in [0.3, 0.4) is 0 Å². The number of anilines is 1. The summed E-state index contributed by atoms with van der Waals surface area (Å²) in [5.41, 5.74) is 2.09. The highest BCUT2D eigenvalue weighted by molar-refractivity contribution is 7.98. The zero-order valence-corrected chi connectivity index (χ0v) is 14.9. The van der Waals surface area contributed by atoms with Gasteiger partial charge in [-0.1, -0.05) is 17.7 Å². The largest absolute Gasteiger partial charge is 0.306 e. The van der Waals surface area contributed by atoms with Gasteiger partial charge in [-0.15, -0.1) is 0 Å². The summed E-state index contributed by atoms with van der Waals surface area (Å²) in [5.74, 6) is 0.114. The summed E-state index contributed by atoms with van der Waals surface area (Å²) in [6, 6.07) is 9.83. The Balaban J connectivity index is 1.76. The highest BCUT2D eigenvalue weighted by atomic mass is 35.5. The van der Waals surface area contributed by atoms with Gasteiger partial charge >= 0.3 is 0 Å². The maximum atomic E-state index is 14.1. The third kappa shape index (κ3) is 2.97. The van der Waals surface area contributed by atoms with E-state index in [1.165, 1.54) is 35.0 Å². The Labute approximate surface area is 157 Å². The first-order valence-corrected chi connectivity index (χ1v) is 9.27. The van der Waals surface area contributed by atoms with Gasteiger partial charge < -0.3 is 5.32 Å². The molecule has 1 aliphatic rings. The van der Waals surface area contributed by atoms with Gasteiger partial charge in [0.2, 0.25) is 0 Å². The number of hydrogen-bond acceptors (Lipinski definition) is 3. The van der Waals surface area contributed by atoms with E-state index in [0.717, 1.165) is 11.3 Å². The van der Waals surface area contributed by atoms with Crippen LogP contribution in [0.15, 0.2) is 42.5 Å². The second-order valence-corrected chi connectivity index (χ2v) is 7.10. The minimum atomic E-state index is -0.700. The summed E-state index contributed by atoms with van der Waals surface area (Å²) in [6.07, 6.45) is 0. The molecule has 4 nitrogen and oxygen atoms in total. The number of nitrogens with zero attached hydrogens (tertiary/aromatic N) is 2. The van der Waals surface area contributed by atoms with Crippen molar-refractivity contribution < 1.29 is 13.6 Å². The number of hydrogen-bond donors (Lipinski definition) is 1. The fourth-order valence-corrected chi connectivity index (χ4v) is 4.08. The van der Waals surface area contributed by atoms with Crippen molar-refractivity contribution in [1.82, 2.24) is 9.78 Å². The molecule has 0 radical (unpaired) electrons. The molecule has 132 valence electrons. The van der Waals surface area contributed by atoms with Crippen LogP contribution in [0.25, 0.3) is 5.69 Å². The van der Waals surface area contributed by atoms with E-state index in [0.29, 0.717) is 23.0 Å². The Morgan fingerprint density at radius 2 is 1.92 bits per heavy atom. The SMILES string of the molecule is O=C(Nc1c2c(nn1-c1ccc(F)cc1)CSC2)c1c(F)cccc1Cl. The minimum Gasteiger partial charge on any atom is -0.306 e. The zero-order chi connectivity index (χ0) is 18.3. The Hall–Kier alpha value is -2.38. The maximum absolute atomic E-state index is 14.1. The van der Waals surface area contributed by atoms with Gasteiger partial charge in [0.25, 0.3) is 5.91 Å². The van der Waals surface area contributed by atoms with E-state index in [4.69, 9.17) is 11.6 Å². The highest BCUT2D eigenvalue weighted by Crippen LogP contribution is 2.36. The van der Waals surface area contributed by atoms with Crippen LogP contribution in [-0.4, -0.2) is 15.7 Å². The smallest absolute Gasteiger partial charge is 0.261 e. The first kappa shape index (κ1) is 17.1.